The predicted octanol–water partition coefficient (Wildman–Crippen LogP) is 5.21. The highest BCUT2D eigenvalue weighted by atomic mass is 16.4. The molecule has 4 atom stereocenters. The second-order valence-corrected chi connectivity index (χ2v) is 8.54. The van der Waals surface area contributed by atoms with Crippen molar-refractivity contribution >= 4 is 5.97 Å². The van der Waals surface area contributed by atoms with Crippen LogP contribution in [0.25, 0.3) is 0 Å². The van der Waals surface area contributed by atoms with Crippen LogP contribution in [-0.2, 0) is 4.79 Å². The molecule has 1 saturated carbocycles. The normalized spacial score (nSPS) is 41.3. The van der Waals surface area contributed by atoms with Crippen LogP contribution in [0.4, 0.5) is 0 Å². The third-order valence-corrected chi connectivity index (χ3v) is 7.07. The molecule has 0 spiro atoms. The highest BCUT2D eigenvalue weighted by molar-refractivity contribution is 5.75. The summed E-state index contributed by atoms with van der Waals surface area (Å²) in [5.41, 5.74) is 2.69. The van der Waals surface area contributed by atoms with E-state index in [4.69, 9.17) is 0 Å². The molecule has 0 bridgehead atoms. The van der Waals surface area contributed by atoms with Gasteiger partial charge >= 0.3 is 5.97 Å². The molecule has 0 saturated heterocycles. The summed E-state index contributed by atoms with van der Waals surface area (Å²) in [6.07, 6.45) is 11.2. The molecule has 0 amide bonds. The molecular weight excluding hydrogens is 272 g/mol. The standard InChI is InChI=1S/C20H30O2/c1-13(2)14-6-8-16-15(12-14)7-9-17-19(16,3)10-5-11-20(17,4)18(21)22/h7,12-13,16-17H,5-6,8-11H2,1-4H3,(H,21,22)/t16-,17+,19+,20-/m0/s1. The van der Waals surface area contributed by atoms with E-state index in [-0.39, 0.29) is 11.3 Å². The number of carboxylic acids is 1. The molecule has 3 aliphatic rings. The zero-order valence-corrected chi connectivity index (χ0v) is 14.5. The van der Waals surface area contributed by atoms with E-state index in [1.807, 2.05) is 6.92 Å². The number of hydrogen-bond acceptors (Lipinski definition) is 1. The number of hydrogen-bond donors (Lipinski definition) is 1. The van der Waals surface area contributed by atoms with Crippen molar-refractivity contribution < 1.29 is 9.90 Å². The number of aliphatic carboxylic acids is 1. The Bertz CT molecular complexity index is 542. The van der Waals surface area contributed by atoms with Crippen molar-refractivity contribution in [3.05, 3.63) is 23.3 Å². The minimum absolute atomic E-state index is 0.161. The summed E-state index contributed by atoms with van der Waals surface area (Å²) in [5.74, 6) is 0.888. The number of allylic oxidation sites excluding steroid dienone is 4. The van der Waals surface area contributed by atoms with Gasteiger partial charge < -0.3 is 5.11 Å². The van der Waals surface area contributed by atoms with Crippen molar-refractivity contribution in [1.82, 2.24) is 0 Å². The third-order valence-electron chi connectivity index (χ3n) is 7.07. The van der Waals surface area contributed by atoms with Crippen LogP contribution in [0, 0.1) is 28.6 Å². The topological polar surface area (TPSA) is 37.3 Å². The van der Waals surface area contributed by atoms with Crippen molar-refractivity contribution in [3.8, 4) is 0 Å². The molecule has 0 heterocycles. The van der Waals surface area contributed by atoms with E-state index in [9.17, 15) is 9.90 Å². The lowest BCUT2D eigenvalue weighted by Crippen LogP contribution is -2.53. The molecule has 0 aromatic rings. The molecule has 3 aliphatic carbocycles. The zero-order chi connectivity index (χ0) is 16.1. The molecule has 2 nitrogen and oxygen atoms in total. The average Bonchev–Trinajstić information content (AvgIpc) is 2.46. The van der Waals surface area contributed by atoms with Crippen LogP contribution in [0.5, 0.6) is 0 Å². The summed E-state index contributed by atoms with van der Waals surface area (Å²) < 4.78 is 0. The highest BCUT2D eigenvalue weighted by Crippen LogP contribution is 2.62. The van der Waals surface area contributed by atoms with Crippen molar-refractivity contribution in [2.75, 3.05) is 0 Å². The quantitative estimate of drug-likeness (QED) is 0.760. The molecule has 2 heteroatoms. The van der Waals surface area contributed by atoms with Gasteiger partial charge in [0.15, 0.2) is 0 Å². The third kappa shape index (κ3) is 2.18. The minimum atomic E-state index is -0.588. The van der Waals surface area contributed by atoms with Crippen LogP contribution < -0.4 is 0 Å². The Morgan fingerprint density at radius 3 is 2.68 bits per heavy atom. The van der Waals surface area contributed by atoms with Gasteiger partial charge in [-0.3, -0.25) is 4.79 Å². The van der Waals surface area contributed by atoms with Crippen molar-refractivity contribution in [1.29, 1.82) is 0 Å². The number of carboxylic acid groups (broad SMARTS) is 1. The van der Waals surface area contributed by atoms with Gasteiger partial charge in [0.2, 0.25) is 0 Å². The second kappa shape index (κ2) is 5.25. The fraction of sp³-hybridized carbons (Fsp3) is 0.750. The fourth-order valence-electron chi connectivity index (χ4n) is 5.60. The maximum atomic E-state index is 11.9. The molecule has 22 heavy (non-hydrogen) atoms. The van der Waals surface area contributed by atoms with Gasteiger partial charge in [0, 0.05) is 0 Å². The van der Waals surface area contributed by atoms with Gasteiger partial charge in [-0.15, -0.1) is 0 Å². The van der Waals surface area contributed by atoms with E-state index in [0.29, 0.717) is 11.8 Å². The molecule has 1 fully saturated rings. The van der Waals surface area contributed by atoms with Crippen LogP contribution in [0.2, 0.25) is 0 Å². The molecule has 0 aromatic heterocycles. The van der Waals surface area contributed by atoms with E-state index >= 15 is 0 Å². The summed E-state index contributed by atoms with van der Waals surface area (Å²) in [7, 11) is 0. The first-order valence-corrected chi connectivity index (χ1v) is 8.93. The van der Waals surface area contributed by atoms with Gasteiger partial charge in [-0.05, 0) is 67.8 Å². The van der Waals surface area contributed by atoms with Gasteiger partial charge in [-0.2, -0.15) is 0 Å². The Morgan fingerprint density at radius 1 is 1.32 bits per heavy atom. The zero-order valence-electron chi connectivity index (χ0n) is 14.5. The maximum Gasteiger partial charge on any atom is 0.309 e. The fourth-order valence-corrected chi connectivity index (χ4v) is 5.60. The Balaban J connectivity index is 2.00. The second-order valence-electron chi connectivity index (χ2n) is 8.54. The lowest BCUT2D eigenvalue weighted by molar-refractivity contribution is -0.162. The maximum absolute atomic E-state index is 11.9. The average molecular weight is 302 g/mol. The molecule has 1 N–H and O–H groups in total. The summed E-state index contributed by atoms with van der Waals surface area (Å²) in [4.78, 5) is 11.9. The molecule has 0 radical (unpaired) electrons. The SMILES string of the molecule is CC(C)C1=CC2=CC[C@@H]3[C@](C)(CCC[C@]3(C)C(=O)O)[C@H]2CC1. The van der Waals surface area contributed by atoms with Crippen molar-refractivity contribution in [2.45, 2.75) is 66.2 Å². The van der Waals surface area contributed by atoms with Gasteiger partial charge in [0.25, 0.3) is 0 Å². The Kier molecular flexibility index (Phi) is 3.78. The predicted molar refractivity (Wildman–Crippen MR) is 89.5 cm³/mol. The van der Waals surface area contributed by atoms with Gasteiger partial charge in [-0.1, -0.05) is 44.9 Å². The van der Waals surface area contributed by atoms with Gasteiger partial charge in [-0.25, -0.2) is 0 Å². The lowest BCUT2D eigenvalue weighted by atomic mass is 9.47. The minimum Gasteiger partial charge on any atom is -0.481 e. The number of fused-ring (bicyclic) bond motifs is 3. The van der Waals surface area contributed by atoms with E-state index < -0.39 is 11.4 Å². The summed E-state index contributed by atoms with van der Waals surface area (Å²) in [6.45, 7) is 8.93. The van der Waals surface area contributed by atoms with E-state index in [2.05, 4.69) is 32.9 Å². The van der Waals surface area contributed by atoms with Crippen LogP contribution in [0.1, 0.15) is 66.2 Å². The Morgan fingerprint density at radius 2 is 2.05 bits per heavy atom. The Hall–Kier alpha value is -1.05. The summed E-state index contributed by atoms with van der Waals surface area (Å²) in [6, 6.07) is 0. The molecule has 0 unspecified atom stereocenters. The number of carbonyl (C=O) groups is 1. The largest absolute Gasteiger partial charge is 0.481 e. The summed E-state index contributed by atoms with van der Waals surface area (Å²) in [5, 5.41) is 9.83. The first-order valence-electron chi connectivity index (χ1n) is 8.93. The van der Waals surface area contributed by atoms with Crippen LogP contribution >= 0.6 is 0 Å². The molecule has 0 aliphatic heterocycles. The first kappa shape index (κ1) is 15.8. The lowest BCUT2D eigenvalue weighted by Gasteiger charge is -2.57. The van der Waals surface area contributed by atoms with E-state index in [0.717, 1.165) is 19.3 Å². The number of rotatable bonds is 2. The van der Waals surface area contributed by atoms with E-state index in [1.165, 1.54) is 24.8 Å². The highest BCUT2D eigenvalue weighted by Gasteiger charge is 2.57. The molecule has 122 valence electrons. The molecular formula is C20H30O2. The van der Waals surface area contributed by atoms with Gasteiger partial charge in [0.05, 0.1) is 5.41 Å². The molecule has 0 aromatic carbocycles. The molecule has 3 rings (SSSR count). The van der Waals surface area contributed by atoms with Crippen molar-refractivity contribution in [3.63, 3.8) is 0 Å². The first-order chi connectivity index (χ1) is 10.3. The monoisotopic (exact) mass is 302 g/mol. The summed E-state index contributed by atoms with van der Waals surface area (Å²) >= 11 is 0. The van der Waals surface area contributed by atoms with E-state index in [1.54, 1.807) is 5.57 Å². The Labute approximate surface area is 134 Å². The van der Waals surface area contributed by atoms with Crippen LogP contribution in [0.15, 0.2) is 23.3 Å². The smallest absolute Gasteiger partial charge is 0.309 e. The van der Waals surface area contributed by atoms with Gasteiger partial charge in [0.1, 0.15) is 0 Å². The van der Waals surface area contributed by atoms with Crippen LogP contribution in [-0.4, -0.2) is 11.1 Å². The van der Waals surface area contributed by atoms with Crippen molar-refractivity contribution in [2.24, 2.45) is 28.6 Å². The van der Waals surface area contributed by atoms with Crippen LogP contribution in [0.3, 0.4) is 0 Å².